The van der Waals surface area contributed by atoms with Gasteiger partial charge in [0.05, 0.1) is 0 Å². The number of ether oxygens (including phenoxy) is 1. The minimum atomic E-state index is -4.49. The second kappa shape index (κ2) is 7.16. The van der Waals surface area contributed by atoms with Crippen molar-refractivity contribution in [2.45, 2.75) is 45.5 Å². The fraction of sp³-hybridized carbons (Fsp3) is 0.625. The molecule has 25 heavy (non-hydrogen) atoms. The van der Waals surface area contributed by atoms with Crippen molar-refractivity contribution in [1.29, 1.82) is 0 Å². The molecule has 1 fully saturated rings. The lowest BCUT2D eigenvalue weighted by atomic mass is 10.2. The fourth-order valence-corrected chi connectivity index (χ4v) is 3.12. The number of amides is 1. The highest BCUT2D eigenvalue weighted by atomic mass is 127. The van der Waals surface area contributed by atoms with Gasteiger partial charge in [0.1, 0.15) is 17.1 Å². The SMILES string of the molecule is C[C@H]1CN(c2cc(I)cc(C(F)(F)F)n2)CCN1C(=O)OC(C)(C)C. The van der Waals surface area contributed by atoms with Crippen molar-refractivity contribution in [1.82, 2.24) is 9.88 Å². The monoisotopic (exact) mass is 471 g/mol. The van der Waals surface area contributed by atoms with E-state index >= 15 is 0 Å². The molecular formula is C16H21F3IN3O2. The van der Waals surface area contributed by atoms with Crippen LogP contribution < -0.4 is 4.90 Å². The summed E-state index contributed by atoms with van der Waals surface area (Å²) in [6.07, 6.45) is -4.90. The van der Waals surface area contributed by atoms with Crippen molar-refractivity contribution < 1.29 is 22.7 Å². The maximum Gasteiger partial charge on any atom is 0.433 e. The van der Waals surface area contributed by atoms with E-state index in [0.717, 1.165) is 6.07 Å². The molecule has 1 aliphatic heterocycles. The molecule has 0 N–H and O–H groups in total. The molecule has 0 aromatic carbocycles. The summed E-state index contributed by atoms with van der Waals surface area (Å²) in [5.74, 6) is 0.273. The van der Waals surface area contributed by atoms with E-state index in [1.807, 2.05) is 29.5 Å². The van der Waals surface area contributed by atoms with E-state index in [-0.39, 0.29) is 11.9 Å². The number of nitrogens with zero attached hydrogens (tertiary/aromatic N) is 3. The molecule has 1 aliphatic rings. The van der Waals surface area contributed by atoms with Crippen LogP contribution in [-0.4, -0.2) is 47.3 Å². The van der Waals surface area contributed by atoms with Gasteiger partial charge in [0.2, 0.25) is 0 Å². The molecule has 9 heteroatoms. The summed E-state index contributed by atoms with van der Waals surface area (Å²) >= 11 is 1.85. The Balaban J connectivity index is 2.13. The second-order valence-corrected chi connectivity index (χ2v) is 8.24. The van der Waals surface area contributed by atoms with E-state index in [2.05, 4.69) is 4.98 Å². The zero-order chi connectivity index (χ0) is 19.0. The van der Waals surface area contributed by atoms with Gasteiger partial charge in [0, 0.05) is 29.2 Å². The summed E-state index contributed by atoms with van der Waals surface area (Å²) in [5, 5.41) is 0. The molecule has 5 nitrogen and oxygen atoms in total. The highest BCUT2D eigenvalue weighted by Crippen LogP contribution is 2.31. The van der Waals surface area contributed by atoms with Crippen molar-refractivity contribution in [2.24, 2.45) is 0 Å². The third-order valence-electron chi connectivity index (χ3n) is 3.65. The lowest BCUT2D eigenvalue weighted by Gasteiger charge is -2.40. The quantitative estimate of drug-likeness (QED) is 0.578. The Kier molecular flexibility index (Phi) is 5.75. The number of carbonyl (C=O) groups is 1. The van der Waals surface area contributed by atoms with Crippen LogP contribution in [0.3, 0.4) is 0 Å². The Morgan fingerprint density at radius 3 is 2.44 bits per heavy atom. The van der Waals surface area contributed by atoms with Crippen LogP contribution in [0.4, 0.5) is 23.8 Å². The average Bonchev–Trinajstić information content (AvgIpc) is 2.43. The Bertz CT molecular complexity index is 646. The zero-order valence-electron chi connectivity index (χ0n) is 14.5. The van der Waals surface area contributed by atoms with Crippen molar-refractivity contribution >= 4 is 34.5 Å². The molecule has 1 saturated heterocycles. The molecule has 1 aromatic rings. The molecule has 0 aliphatic carbocycles. The average molecular weight is 471 g/mol. The molecule has 0 spiro atoms. The molecule has 140 valence electrons. The summed E-state index contributed by atoms with van der Waals surface area (Å²) in [7, 11) is 0. The largest absolute Gasteiger partial charge is 0.444 e. The van der Waals surface area contributed by atoms with Crippen molar-refractivity contribution in [2.75, 3.05) is 24.5 Å². The number of hydrogen-bond donors (Lipinski definition) is 0. The number of alkyl halides is 3. The number of pyridine rings is 1. The van der Waals surface area contributed by atoms with Crippen LogP contribution in [0.15, 0.2) is 12.1 Å². The number of halogens is 4. The van der Waals surface area contributed by atoms with Crippen LogP contribution in [0, 0.1) is 3.57 Å². The summed E-state index contributed by atoms with van der Waals surface area (Å²) in [6, 6.07) is 2.44. The first-order chi connectivity index (χ1) is 11.4. The first kappa shape index (κ1) is 20.1. The Morgan fingerprint density at radius 2 is 1.92 bits per heavy atom. The zero-order valence-corrected chi connectivity index (χ0v) is 16.7. The second-order valence-electron chi connectivity index (χ2n) is 7.00. The number of rotatable bonds is 1. The molecule has 0 saturated carbocycles. The van der Waals surface area contributed by atoms with Crippen LogP contribution in [0.2, 0.25) is 0 Å². The van der Waals surface area contributed by atoms with Crippen LogP contribution in [-0.2, 0) is 10.9 Å². The van der Waals surface area contributed by atoms with Gasteiger partial charge in [-0.05, 0) is 62.4 Å². The van der Waals surface area contributed by atoms with Crippen LogP contribution in [0.1, 0.15) is 33.4 Å². The van der Waals surface area contributed by atoms with E-state index < -0.39 is 23.6 Å². The number of carbonyl (C=O) groups excluding carboxylic acids is 1. The molecule has 2 heterocycles. The molecule has 0 unspecified atom stereocenters. The Hall–Kier alpha value is -1.26. The van der Waals surface area contributed by atoms with E-state index in [4.69, 9.17) is 4.74 Å². The minimum Gasteiger partial charge on any atom is -0.444 e. The highest BCUT2D eigenvalue weighted by molar-refractivity contribution is 14.1. The lowest BCUT2D eigenvalue weighted by molar-refractivity contribution is -0.141. The number of anilines is 1. The third kappa shape index (κ3) is 5.35. The molecule has 1 aromatic heterocycles. The van der Waals surface area contributed by atoms with E-state index in [0.29, 0.717) is 23.2 Å². The van der Waals surface area contributed by atoms with Crippen LogP contribution in [0.5, 0.6) is 0 Å². The molecule has 0 radical (unpaired) electrons. The molecule has 1 amide bonds. The standard InChI is InChI=1S/C16H21F3IN3O2/c1-10-9-22(5-6-23(10)14(24)25-15(2,3)4)13-8-11(20)7-12(21-13)16(17,18)19/h7-8,10H,5-6,9H2,1-4H3/t10-/m0/s1. The fourth-order valence-electron chi connectivity index (χ4n) is 2.55. The first-order valence-electron chi connectivity index (χ1n) is 7.86. The summed E-state index contributed by atoms with van der Waals surface area (Å²) in [5.41, 5.74) is -1.50. The number of aromatic nitrogens is 1. The third-order valence-corrected chi connectivity index (χ3v) is 4.27. The number of hydrogen-bond acceptors (Lipinski definition) is 4. The number of piperazine rings is 1. The maximum atomic E-state index is 13.0. The van der Waals surface area contributed by atoms with Gasteiger partial charge >= 0.3 is 12.3 Å². The summed E-state index contributed by atoms with van der Waals surface area (Å²) in [6.45, 7) is 8.37. The van der Waals surface area contributed by atoms with Gasteiger partial charge in [-0.25, -0.2) is 9.78 Å². The summed E-state index contributed by atoms with van der Waals surface area (Å²) in [4.78, 5) is 19.3. The van der Waals surface area contributed by atoms with Gasteiger partial charge in [0.15, 0.2) is 0 Å². The molecular weight excluding hydrogens is 450 g/mol. The maximum absolute atomic E-state index is 13.0. The Morgan fingerprint density at radius 1 is 1.28 bits per heavy atom. The van der Waals surface area contributed by atoms with Gasteiger partial charge < -0.3 is 14.5 Å². The highest BCUT2D eigenvalue weighted by Gasteiger charge is 2.35. The molecule has 0 bridgehead atoms. The van der Waals surface area contributed by atoms with Crippen LogP contribution >= 0.6 is 22.6 Å². The smallest absolute Gasteiger partial charge is 0.433 e. The van der Waals surface area contributed by atoms with E-state index in [9.17, 15) is 18.0 Å². The van der Waals surface area contributed by atoms with Gasteiger partial charge in [-0.2, -0.15) is 13.2 Å². The van der Waals surface area contributed by atoms with Gasteiger partial charge in [0.25, 0.3) is 0 Å². The summed E-state index contributed by atoms with van der Waals surface area (Å²) < 4.78 is 44.7. The molecule has 2 rings (SSSR count). The van der Waals surface area contributed by atoms with Crippen LogP contribution in [0.25, 0.3) is 0 Å². The topological polar surface area (TPSA) is 45.7 Å². The van der Waals surface area contributed by atoms with Gasteiger partial charge in [-0.15, -0.1) is 0 Å². The van der Waals surface area contributed by atoms with Crippen molar-refractivity contribution in [3.63, 3.8) is 0 Å². The minimum absolute atomic E-state index is 0.197. The normalized spacial score (nSPS) is 19.1. The van der Waals surface area contributed by atoms with E-state index in [1.165, 1.54) is 0 Å². The predicted molar refractivity (Wildman–Crippen MR) is 96.6 cm³/mol. The lowest BCUT2D eigenvalue weighted by Crippen LogP contribution is -2.55. The molecule has 1 atom stereocenters. The Labute approximate surface area is 158 Å². The van der Waals surface area contributed by atoms with E-state index in [1.54, 1.807) is 36.6 Å². The first-order valence-corrected chi connectivity index (χ1v) is 8.94. The predicted octanol–water partition coefficient (Wildman–Crippen LogP) is 4.15. The van der Waals surface area contributed by atoms with Crippen molar-refractivity contribution in [3.05, 3.63) is 21.4 Å². The van der Waals surface area contributed by atoms with Gasteiger partial charge in [-0.1, -0.05) is 0 Å². The van der Waals surface area contributed by atoms with Crippen molar-refractivity contribution in [3.8, 4) is 0 Å². The van der Waals surface area contributed by atoms with Gasteiger partial charge in [-0.3, -0.25) is 0 Å².